The molecule has 0 bridgehead atoms. The number of rotatable bonds is 11. The Balaban J connectivity index is 1.84. The van der Waals surface area contributed by atoms with E-state index in [9.17, 15) is 18.3 Å². The average Bonchev–Trinajstić information content (AvgIpc) is 2.93. The minimum absolute atomic E-state index is 0.0387. The Morgan fingerprint density at radius 1 is 0.947 bits per heavy atom. The molecular formula is C25H21N5O7S. The van der Waals surface area contributed by atoms with Gasteiger partial charge in [-0.3, -0.25) is 4.72 Å². The van der Waals surface area contributed by atoms with Gasteiger partial charge in [0.25, 0.3) is 15.9 Å². The molecule has 0 radical (unpaired) electrons. The molecule has 0 atom stereocenters. The van der Waals surface area contributed by atoms with Crippen molar-refractivity contribution in [3.8, 4) is 34.8 Å². The molecule has 0 aliphatic carbocycles. The molecule has 0 saturated heterocycles. The van der Waals surface area contributed by atoms with Crippen LogP contribution in [0.5, 0.6) is 23.1 Å². The SMILES string of the molecule is COc1ccccc1Oc1c(NS(=O)(=O)/C=C/c2ccccc2)nc(-c2ncccn2)nc1OCC(=O)O. The highest BCUT2D eigenvalue weighted by Crippen LogP contribution is 2.41. The number of nitrogens with one attached hydrogen (secondary N) is 1. The van der Waals surface area contributed by atoms with E-state index in [1.807, 2.05) is 0 Å². The van der Waals surface area contributed by atoms with Gasteiger partial charge >= 0.3 is 5.97 Å². The molecule has 2 heterocycles. The van der Waals surface area contributed by atoms with E-state index >= 15 is 0 Å². The second kappa shape index (κ2) is 11.8. The monoisotopic (exact) mass is 535 g/mol. The quantitative estimate of drug-likeness (QED) is 0.288. The third-order valence-corrected chi connectivity index (χ3v) is 5.66. The number of benzene rings is 2. The number of anilines is 1. The van der Waals surface area contributed by atoms with E-state index in [4.69, 9.17) is 14.2 Å². The molecule has 0 amide bonds. The summed E-state index contributed by atoms with van der Waals surface area (Å²) in [5.41, 5.74) is 0.648. The number of carboxylic acids is 1. The van der Waals surface area contributed by atoms with Crippen molar-refractivity contribution in [1.82, 2.24) is 19.9 Å². The number of aromatic nitrogens is 4. The van der Waals surface area contributed by atoms with Crippen molar-refractivity contribution in [2.75, 3.05) is 18.4 Å². The number of hydrogen-bond acceptors (Lipinski definition) is 10. The van der Waals surface area contributed by atoms with Gasteiger partial charge in [-0.25, -0.2) is 28.2 Å². The molecule has 2 N–H and O–H groups in total. The lowest BCUT2D eigenvalue weighted by atomic mass is 10.2. The van der Waals surface area contributed by atoms with Gasteiger partial charge < -0.3 is 19.3 Å². The van der Waals surface area contributed by atoms with Gasteiger partial charge in [0, 0.05) is 12.4 Å². The molecule has 0 saturated carbocycles. The van der Waals surface area contributed by atoms with Crippen molar-refractivity contribution >= 4 is 27.9 Å². The third kappa shape index (κ3) is 6.79. The van der Waals surface area contributed by atoms with Crippen LogP contribution in [0.15, 0.2) is 78.5 Å². The minimum Gasteiger partial charge on any atom is -0.493 e. The first-order chi connectivity index (χ1) is 18.3. The van der Waals surface area contributed by atoms with Gasteiger partial charge in [-0.2, -0.15) is 4.98 Å². The van der Waals surface area contributed by atoms with Crippen LogP contribution in [0.2, 0.25) is 0 Å². The number of hydrogen-bond donors (Lipinski definition) is 2. The molecule has 13 heteroatoms. The fourth-order valence-corrected chi connectivity index (χ4v) is 3.86. The van der Waals surface area contributed by atoms with Crippen molar-refractivity contribution in [3.63, 3.8) is 0 Å². The van der Waals surface area contributed by atoms with Gasteiger partial charge in [-0.1, -0.05) is 42.5 Å². The second-order valence-electron chi connectivity index (χ2n) is 7.40. The first-order valence-electron chi connectivity index (χ1n) is 11.0. The van der Waals surface area contributed by atoms with E-state index < -0.39 is 22.6 Å². The number of aliphatic carboxylic acids is 1. The standard InChI is InChI=1S/C25H21N5O7S/c1-35-18-10-5-6-11-19(18)37-21-22(30-38(33,34)15-12-17-8-3-2-4-9-17)28-24(23-26-13-7-14-27-23)29-25(21)36-16-20(31)32/h2-15H,16H2,1H3,(H,31,32)(H,28,29,30)/b15-12+. The number of methoxy groups -OCH3 is 1. The Morgan fingerprint density at radius 2 is 1.63 bits per heavy atom. The lowest BCUT2D eigenvalue weighted by Crippen LogP contribution is -2.15. The summed E-state index contributed by atoms with van der Waals surface area (Å²) in [5.74, 6) is -1.91. The fraction of sp³-hybridized carbons (Fsp3) is 0.0800. The Hall–Kier alpha value is -5.04. The van der Waals surface area contributed by atoms with Crippen molar-refractivity contribution < 1.29 is 32.5 Å². The number of sulfonamides is 1. The summed E-state index contributed by atoms with van der Waals surface area (Å²) in [6.45, 7) is -0.797. The first kappa shape index (κ1) is 26.0. The van der Waals surface area contributed by atoms with Gasteiger partial charge in [0.1, 0.15) is 0 Å². The molecule has 2 aromatic heterocycles. The molecule has 38 heavy (non-hydrogen) atoms. The van der Waals surface area contributed by atoms with Crippen LogP contribution in [0.1, 0.15) is 5.56 Å². The molecule has 0 fully saturated rings. The second-order valence-corrected chi connectivity index (χ2v) is 8.96. The molecule has 0 unspecified atom stereocenters. The van der Waals surface area contributed by atoms with E-state index in [-0.39, 0.29) is 34.8 Å². The van der Waals surface area contributed by atoms with Crippen LogP contribution in [0.4, 0.5) is 5.82 Å². The fourth-order valence-electron chi connectivity index (χ4n) is 3.05. The molecule has 0 aliphatic heterocycles. The topological polar surface area (TPSA) is 163 Å². The maximum absolute atomic E-state index is 13.0. The maximum atomic E-state index is 13.0. The zero-order valence-corrected chi connectivity index (χ0v) is 20.7. The molecule has 2 aromatic carbocycles. The maximum Gasteiger partial charge on any atom is 0.341 e. The molecule has 4 aromatic rings. The lowest BCUT2D eigenvalue weighted by molar-refractivity contribution is -0.139. The summed E-state index contributed by atoms with van der Waals surface area (Å²) in [6, 6.07) is 16.9. The van der Waals surface area contributed by atoms with Gasteiger partial charge in [-0.15, -0.1) is 0 Å². The zero-order chi connectivity index (χ0) is 27.0. The van der Waals surface area contributed by atoms with E-state index in [1.54, 1.807) is 60.7 Å². The smallest absolute Gasteiger partial charge is 0.341 e. The highest BCUT2D eigenvalue weighted by Gasteiger charge is 2.24. The Labute approximate surface area is 217 Å². The summed E-state index contributed by atoms with van der Waals surface area (Å²) in [6.07, 6.45) is 4.28. The molecule has 4 rings (SSSR count). The number of nitrogens with zero attached hydrogens (tertiary/aromatic N) is 4. The Kier molecular flexibility index (Phi) is 8.08. The van der Waals surface area contributed by atoms with E-state index in [0.717, 1.165) is 5.41 Å². The molecule has 0 spiro atoms. The van der Waals surface area contributed by atoms with Crippen LogP contribution in [-0.2, 0) is 14.8 Å². The van der Waals surface area contributed by atoms with E-state index in [2.05, 4.69) is 24.7 Å². The van der Waals surface area contributed by atoms with Crippen LogP contribution in [0.3, 0.4) is 0 Å². The zero-order valence-electron chi connectivity index (χ0n) is 19.9. The van der Waals surface area contributed by atoms with Gasteiger partial charge in [0.15, 0.2) is 29.7 Å². The summed E-state index contributed by atoms with van der Waals surface area (Å²) in [4.78, 5) is 27.9. The van der Waals surface area contributed by atoms with Gasteiger partial charge in [0.05, 0.1) is 12.5 Å². The van der Waals surface area contributed by atoms with Gasteiger partial charge in [-0.05, 0) is 29.8 Å². The summed E-state index contributed by atoms with van der Waals surface area (Å²) in [7, 11) is -2.73. The highest BCUT2D eigenvalue weighted by atomic mass is 32.2. The third-order valence-electron chi connectivity index (χ3n) is 4.69. The van der Waals surface area contributed by atoms with E-state index in [0.29, 0.717) is 11.3 Å². The predicted octanol–water partition coefficient (Wildman–Crippen LogP) is 3.61. The van der Waals surface area contributed by atoms with Gasteiger partial charge in [0.2, 0.25) is 11.6 Å². The van der Waals surface area contributed by atoms with E-state index in [1.165, 1.54) is 25.6 Å². The average molecular weight is 536 g/mol. The van der Waals surface area contributed by atoms with Crippen LogP contribution in [0.25, 0.3) is 17.7 Å². The van der Waals surface area contributed by atoms with Crippen molar-refractivity contribution in [3.05, 3.63) is 84.0 Å². The minimum atomic E-state index is -4.16. The van der Waals surface area contributed by atoms with Crippen molar-refractivity contribution in [2.45, 2.75) is 0 Å². The van der Waals surface area contributed by atoms with Crippen LogP contribution in [-0.4, -0.2) is 53.1 Å². The number of carbonyl (C=O) groups is 1. The summed E-state index contributed by atoms with van der Waals surface area (Å²) >= 11 is 0. The normalized spacial score (nSPS) is 11.2. The number of ether oxygens (including phenoxy) is 3. The summed E-state index contributed by atoms with van der Waals surface area (Å²) < 4.78 is 45.0. The van der Waals surface area contributed by atoms with Crippen LogP contribution < -0.4 is 18.9 Å². The molecule has 12 nitrogen and oxygen atoms in total. The molecular weight excluding hydrogens is 514 g/mol. The first-order valence-corrected chi connectivity index (χ1v) is 12.5. The van der Waals surface area contributed by atoms with Crippen LogP contribution in [0, 0.1) is 0 Å². The molecule has 194 valence electrons. The summed E-state index contributed by atoms with van der Waals surface area (Å²) in [5, 5.41) is 10.1. The number of carboxylic acid groups (broad SMARTS) is 1. The Bertz CT molecular complexity index is 1550. The molecule has 0 aliphatic rings. The predicted molar refractivity (Wildman–Crippen MR) is 137 cm³/mol. The van der Waals surface area contributed by atoms with Crippen LogP contribution >= 0.6 is 0 Å². The largest absolute Gasteiger partial charge is 0.493 e. The van der Waals surface area contributed by atoms with Crippen molar-refractivity contribution in [2.24, 2.45) is 0 Å². The highest BCUT2D eigenvalue weighted by molar-refractivity contribution is 7.95. The van der Waals surface area contributed by atoms with Crippen molar-refractivity contribution in [1.29, 1.82) is 0 Å². The number of para-hydroxylation sites is 2. The lowest BCUT2D eigenvalue weighted by Gasteiger charge is -2.17. The Morgan fingerprint density at radius 3 is 2.32 bits per heavy atom.